The fourth-order valence-corrected chi connectivity index (χ4v) is 0. The second kappa shape index (κ2) is 10.5. The van der Waals surface area contributed by atoms with Crippen molar-refractivity contribution in [1.82, 2.24) is 0 Å². The van der Waals surface area contributed by atoms with Gasteiger partial charge in [0.1, 0.15) is 0 Å². The minimum absolute atomic E-state index is 0. The Morgan fingerprint density at radius 3 is 1.09 bits per heavy atom. The number of hydrogen-bond acceptors (Lipinski definition) is 2. The SMILES string of the molecule is O.O=C(O)O.O=P(O)(O)O.[La]. The quantitative estimate of drug-likeness (QED) is 0.338. The van der Waals surface area contributed by atoms with Crippen molar-refractivity contribution >= 4 is 14.0 Å². The van der Waals surface area contributed by atoms with Gasteiger partial charge in [0.15, 0.2) is 0 Å². The molecule has 0 atom stereocenters. The van der Waals surface area contributed by atoms with Gasteiger partial charge in [0, 0.05) is 35.6 Å². The van der Waals surface area contributed by atoms with Crippen LogP contribution in [-0.2, 0) is 4.57 Å². The summed E-state index contributed by atoms with van der Waals surface area (Å²) in [5.74, 6) is 0. The molecule has 0 aliphatic heterocycles. The Bertz CT molecular complexity index is 114. The van der Waals surface area contributed by atoms with E-state index in [-0.39, 0.29) is 41.1 Å². The molecule has 0 amide bonds. The zero-order valence-electron chi connectivity index (χ0n) is 5.08. The Labute approximate surface area is 89.0 Å². The Morgan fingerprint density at radius 1 is 1.09 bits per heavy atom. The smallest absolute Gasteiger partial charge is 0.450 e. The molecule has 0 aromatic heterocycles. The molecule has 0 aliphatic rings. The van der Waals surface area contributed by atoms with Crippen LogP contribution in [0.15, 0.2) is 0 Å². The van der Waals surface area contributed by atoms with E-state index in [0.717, 1.165) is 0 Å². The van der Waals surface area contributed by atoms with Crippen LogP contribution in [0.25, 0.3) is 0 Å². The second-order valence-corrected chi connectivity index (χ2v) is 1.82. The summed E-state index contributed by atoms with van der Waals surface area (Å²) in [5.41, 5.74) is 0. The molecular weight excluding hydrogens is 310 g/mol. The van der Waals surface area contributed by atoms with Crippen molar-refractivity contribution in [3.63, 3.8) is 0 Å². The first-order valence-corrected chi connectivity index (χ1v) is 3.00. The zero-order chi connectivity index (χ0) is 8.08. The van der Waals surface area contributed by atoms with E-state index in [4.69, 9.17) is 34.3 Å². The maximum atomic E-state index is 8.88. The van der Waals surface area contributed by atoms with E-state index < -0.39 is 14.0 Å². The number of phosphoric acid groups is 1. The van der Waals surface area contributed by atoms with E-state index >= 15 is 0 Å². The molecule has 11 heavy (non-hydrogen) atoms. The maximum absolute atomic E-state index is 8.88. The molecule has 0 saturated heterocycles. The van der Waals surface area contributed by atoms with Crippen molar-refractivity contribution in [1.29, 1.82) is 0 Å². The molecule has 0 aromatic carbocycles. The van der Waals surface area contributed by atoms with Gasteiger partial charge in [-0.15, -0.1) is 0 Å². The van der Waals surface area contributed by atoms with Gasteiger partial charge >= 0.3 is 14.0 Å². The van der Waals surface area contributed by atoms with E-state index in [2.05, 4.69) is 0 Å². The van der Waals surface area contributed by atoms with Gasteiger partial charge in [-0.25, -0.2) is 9.36 Å². The summed E-state index contributed by atoms with van der Waals surface area (Å²) in [6, 6.07) is 0. The van der Waals surface area contributed by atoms with Crippen molar-refractivity contribution in [2.75, 3.05) is 0 Å². The molecule has 10 heteroatoms. The molecule has 0 unspecified atom stereocenters. The predicted octanol–water partition coefficient (Wildman–Crippen LogP) is -1.53. The van der Waals surface area contributed by atoms with E-state index in [1.807, 2.05) is 0 Å². The second-order valence-electron chi connectivity index (χ2n) is 0.796. The Morgan fingerprint density at radius 2 is 1.09 bits per heavy atom. The monoisotopic (exact) mass is 317 g/mol. The molecule has 0 spiro atoms. The van der Waals surface area contributed by atoms with E-state index in [0.29, 0.717) is 0 Å². The summed E-state index contributed by atoms with van der Waals surface area (Å²) >= 11 is 0. The third-order valence-electron chi connectivity index (χ3n) is 0. The van der Waals surface area contributed by atoms with Gasteiger partial charge in [-0.2, -0.15) is 0 Å². The minimum Gasteiger partial charge on any atom is -0.450 e. The standard InChI is InChI=1S/CH2O3.La.H3O4P.H2O/c2-1(3)4;;1-5(2,3)4;/h(H2,2,3,4);;(H3,1,2,3,4);1H2. The molecule has 0 bridgehead atoms. The van der Waals surface area contributed by atoms with Crippen LogP contribution >= 0.6 is 7.82 Å². The number of carbonyl (C=O) groups is 1. The molecule has 0 heterocycles. The Hall–Kier alpha value is 0.535. The number of hydrogen-bond donors (Lipinski definition) is 5. The van der Waals surface area contributed by atoms with Gasteiger partial charge in [-0.3, -0.25) is 0 Å². The molecule has 1 radical (unpaired) electrons. The fraction of sp³-hybridized carbons (Fsp3) is 0. The first-order chi connectivity index (χ1) is 3.73. The molecule has 7 N–H and O–H groups in total. The molecule has 0 saturated carbocycles. The summed E-state index contributed by atoms with van der Waals surface area (Å²) < 4.78 is 8.88. The van der Waals surface area contributed by atoms with Crippen LogP contribution in [0.3, 0.4) is 0 Å². The average molecular weight is 317 g/mol. The number of rotatable bonds is 0. The van der Waals surface area contributed by atoms with E-state index in [1.165, 1.54) is 0 Å². The predicted molar refractivity (Wildman–Crippen MR) is 28.5 cm³/mol. The fourth-order valence-electron chi connectivity index (χ4n) is 0. The van der Waals surface area contributed by atoms with Crippen LogP contribution in [0.5, 0.6) is 0 Å². The summed E-state index contributed by atoms with van der Waals surface area (Å²) in [7, 11) is -4.64. The summed E-state index contributed by atoms with van der Waals surface area (Å²) in [5, 5.41) is 13.9. The van der Waals surface area contributed by atoms with Gasteiger partial charge in [0.25, 0.3) is 0 Å². The average Bonchev–Trinajstić information content (AvgIpc) is 1.19. The third kappa shape index (κ3) is 2680. The third-order valence-corrected chi connectivity index (χ3v) is 0. The van der Waals surface area contributed by atoms with Gasteiger partial charge in [-0.05, 0) is 0 Å². The molecule has 0 fully saturated rings. The van der Waals surface area contributed by atoms with Gasteiger partial charge in [0.05, 0.1) is 0 Å². The zero-order valence-corrected chi connectivity index (χ0v) is 9.60. The van der Waals surface area contributed by atoms with Gasteiger partial charge < -0.3 is 30.4 Å². The van der Waals surface area contributed by atoms with Crippen LogP contribution in [0, 0.1) is 35.6 Å². The topological polar surface area (TPSA) is 167 Å². The molecule has 0 aromatic rings. The van der Waals surface area contributed by atoms with Gasteiger partial charge in [0.2, 0.25) is 0 Å². The summed E-state index contributed by atoms with van der Waals surface area (Å²) in [6.07, 6.45) is -1.83. The summed E-state index contributed by atoms with van der Waals surface area (Å²) in [6.45, 7) is 0. The first-order valence-electron chi connectivity index (χ1n) is 1.43. The Balaban J connectivity index is -0.0000000383. The van der Waals surface area contributed by atoms with Crippen molar-refractivity contribution in [2.45, 2.75) is 0 Å². The van der Waals surface area contributed by atoms with Crippen LogP contribution in [0.2, 0.25) is 0 Å². The van der Waals surface area contributed by atoms with E-state index in [9.17, 15) is 0 Å². The van der Waals surface area contributed by atoms with Crippen molar-refractivity contribution in [3.8, 4) is 0 Å². The molecule has 67 valence electrons. The molecule has 0 aliphatic carbocycles. The first kappa shape index (κ1) is 22.5. The normalized spacial score (nSPS) is 7.55. The van der Waals surface area contributed by atoms with Crippen LogP contribution < -0.4 is 0 Å². The largest absolute Gasteiger partial charge is 0.503 e. The molecular formula is CH7LaO8P. The van der Waals surface area contributed by atoms with Crippen LogP contribution in [-0.4, -0.2) is 36.5 Å². The maximum Gasteiger partial charge on any atom is 0.503 e. The van der Waals surface area contributed by atoms with Gasteiger partial charge in [-0.1, -0.05) is 0 Å². The Kier molecular flexibility index (Phi) is 21.6. The van der Waals surface area contributed by atoms with Crippen molar-refractivity contribution in [3.05, 3.63) is 0 Å². The van der Waals surface area contributed by atoms with E-state index in [1.54, 1.807) is 0 Å². The molecule has 8 nitrogen and oxygen atoms in total. The summed E-state index contributed by atoms with van der Waals surface area (Å²) in [4.78, 5) is 30.1. The van der Waals surface area contributed by atoms with Crippen molar-refractivity contribution in [2.24, 2.45) is 0 Å². The van der Waals surface area contributed by atoms with Crippen LogP contribution in [0.1, 0.15) is 0 Å². The minimum atomic E-state index is -4.64. The molecule has 0 rings (SSSR count). The van der Waals surface area contributed by atoms with Crippen LogP contribution in [0.4, 0.5) is 4.79 Å². The number of carboxylic acid groups (broad SMARTS) is 2. The van der Waals surface area contributed by atoms with Crippen molar-refractivity contribution < 1.29 is 75.3 Å².